The van der Waals surface area contributed by atoms with Gasteiger partial charge < -0.3 is 15.5 Å². The molecule has 0 unspecified atom stereocenters. The third kappa shape index (κ3) is 3.57. The van der Waals surface area contributed by atoms with Gasteiger partial charge in [0.15, 0.2) is 0 Å². The van der Waals surface area contributed by atoms with Gasteiger partial charge in [-0.3, -0.25) is 4.98 Å². The molecular weight excluding hydrogens is 314 g/mol. The lowest BCUT2D eigenvalue weighted by Gasteiger charge is -2.32. The van der Waals surface area contributed by atoms with Crippen LogP contribution >= 0.6 is 0 Å². The van der Waals surface area contributed by atoms with Gasteiger partial charge in [-0.05, 0) is 49.3 Å². The molecule has 1 aromatic heterocycles. The van der Waals surface area contributed by atoms with Crippen molar-refractivity contribution in [3.05, 3.63) is 47.9 Å². The van der Waals surface area contributed by atoms with Gasteiger partial charge in [-0.1, -0.05) is 12.1 Å². The molecule has 0 bridgehead atoms. The fourth-order valence-electron chi connectivity index (χ4n) is 3.79. The predicted octanol–water partition coefficient (Wildman–Crippen LogP) is 2.76. The molecule has 1 fully saturated rings. The molecular formula is C19H23N5O. The number of carbonyl (C=O) groups is 1. The Hall–Kier alpha value is -2.63. The molecule has 6 heteroatoms. The molecule has 4 rings (SSSR count). The van der Waals surface area contributed by atoms with E-state index in [4.69, 9.17) is 0 Å². The molecule has 1 aliphatic carbocycles. The van der Waals surface area contributed by atoms with E-state index in [9.17, 15) is 4.79 Å². The molecule has 2 heterocycles. The first-order valence-corrected chi connectivity index (χ1v) is 8.99. The van der Waals surface area contributed by atoms with Gasteiger partial charge in [0.05, 0.1) is 6.20 Å². The lowest BCUT2D eigenvalue weighted by Crippen LogP contribution is -2.46. The van der Waals surface area contributed by atoms with Crippen LogP contribution in [0.1, 0.15) is 30.4 Å². The van der Waals surface area contributed by atoms with E-state index in [1.54, 1.807) is 18.6 Å². The van der Waals surface area contributed by atoms with Gasteiger partial charge in [-0.15, -0.1) is 0 Å². The van der Waals surface area contributed by atoms with Crippen LogP contribution in [-0.2, 0) is 12.8 Å². The molecule has 0 spiro atoms. The molecule has 2 amide bonds. The lowest BCUT2D eigenvalue weighted by atomic mass is 10.1. The van der Waals surface area contributed by atoms with Crippen molar-refractivity contribution < 1.29 is 4.79 Å². The molecule has 2 aromatic rings. The van der Waals surface area contributed by atoms with Crippen LogP contribution in [0.5, 0.6) is 0 Å². The standard InChI is InChI=1S/C19H23N5O/c25-19(23-17-6-2-4-14-3-1-5-16(14)17)22-15-7-11-24(12-8-15)18-13-20-9-10-21-18/h2,4,6,9-10,13,15H,1,3,5,7-8,11-12H2,(H2,22,23,25). The molecule has 0 atom stereocenters. The summed E-state index contributed by atoms with van der Waals surface area (Å²) >= 11 is 0. The number of nitrogens with zero attached hydrogens (tertiary/aromatic N) is 3. The summed E-state index contributed by atoms with van der Waals surface area (Å²) in [5.74, 6) is 0.908. The average Bonchev–Trinajstić information content (AvgIpc) is 3.13. The molecule has 0 saturated carbocycles. The van der Waals surface area contributed by atoms with Crippen LogP contribution in [0.2, 0.25) is 0 Å². The van der Waals surface area contributed by atoms with Gasteiger partial charge >= 0.3 is 6.03 Å². The van der Waals surface area contributed by atoms with Crippen molar-refractivity contribution in [2.75, 3.05) is 23.3 Å². The van der Waals surface area contributed by atoms with Crippen LogP contribution < -0.4 is 15.5 Å². The maximum absolute atomic E-state index is 12.4. The molecule has 2 N–H and O–H groups in total. The van der Waals surface area contributed by atoms with Crippen LogP contribution in [0.15, 0.2) is 36.8 Å². The van der Waals surface area contributed by atoms with Crippen molar-refractivity contribution in [3.63, 3.8) is 0 Å². The summed E-state index contributed by atoms with van der Waals surface area (Å²) in [4.78, 5) is 23.0. The maximum atomic E-state index is 12.4. The van der Waals surface area contributed by atoms with E-state index in [0.29, 0.717) is 0 Å². The van der Waals surface area contributed by atoms with Crippen LogP contribution in [0.4, 0.5) is 16.3 Å². The Morgan fingerprint density at radius 1 is 1.16 bits per heavy atom. The fraction of sp³-hybridized carbons (Fsp3) is 0.421. The van der Waals surface area contributed by atoms with E-state index in [1.165, 1.54) is 17.5 Å². The molecule has 25 heavy (non-hydrogen) atoms. The molecule has 130 valence electrons. The number of aryl methyl sites for hydroxylation is 1. The van der Waals surface area contributed by atoms with E-state index in [0.717, 1.165) is 50.3 Å². The van der Waals surface area contributed by atoms with Gasteiger partial charge in [0.1, 0.15) is 5.82 Å². The Morgan fingerprint density at radius 3 is 2.84 bits per heavy atom. The Morgan fingerprint density at radius 2 is 2.04 bits per heavy atom. The first-order valence-electron chi connectivity index (χ1n) is 8.99. The minimum absolute atomic E-state index is 0.0988. The number of urea groups is 1. The summed E-state index contributed by atoms with van der Waals surface area (Å²) in [7, 11) is 0. The first kappa shape index (κ1) is 15.9. The Kier molecular flexibility index (Phi) is 4.50. The van der Waals surface area contributed by atoms with Crippen LogP contribution in [0, 0.1) is 0 Å². The minimum atomic E-state index is -0.0988. The first-order chi connectivity index (χ1) is 12.3. The number of hydrogen-bond donors (Lipinski definition) is 2. The number of anilines is 2. The predicted molar refractivity (Wildman–Crippen MR) is 97.9 cm³/mol. The average molecular weight is 337 g/mol. The van der Waals surface area contributed by atoms with Crippen LogP contribution in [-0.4, -0.2) is 35.1 Å². The summed E-state index contributed by atoms with van der Waals surface area (Å²) in [6.45, 7) is 1.76. The summed E-state index contributed by atoms with van der Waals surface area (Å²) in [6, 6.07) is 6.29. The Balaban J connectivity index is 1.30. The number of hydrogen-bond acceptors (Lipinski definition) is 4. The molecule has 1 aliphatic heterocycles. The zero-order valence-electron chi connectivity index (χ0n) is 14.2. The second kappa shape index (κ2) is 7.09. The van der Waals surface area contributed by atoms with Crippen molar-refractivity contribution in [1.29, 1.82) is 0 Å². The van der Waals surface area contributed by atoms with E-state index in [1.807, 2.05) is 12.1 Å². The van der Waals surface area contributed by atoms with Gasteiger partial charge in [0.2, 0.25) is 0 Å². The quantitative estimate of drug-likeness (QED) is 0.903. The third-order valence-corrected chi connectivity index (χ3v) is 5.10. The topological polar surface area (TPSA) is 70.2 Å². The molecule has 6 nitrogen and oxygen atoms in total. The second-order valence-corrected chi connectivity index (χ2v) is 6.72. The number of fused-ring (bicyclic) bond motifs is 1. The maximum Gasteiger partial charge on any atom is 0.319 e. The normalized spacial score (nSPS) is 17.2. The second-order valence-electron chi connectivity index (χ2n) is 6.72. The van der Waals surface area contributed by atoms with Crippen LogP contribution in [0.25, 0.3) is 0 Å². The van der Waals surface area contributed by atoms with Crippen molar-refractivity contribution >= 4 is 17.5 Å². The third-order valence-electron chi connectivity index (χ3n) is 5.10. The SMILES string of the molecule is O=C(Nc1cccc2c1CCC2)NC1CCN(c2cnccn2)CC1. The molecule has 2 aliphatic rings. The number of rotatable bonds is 3. The summed E-state index contributed by atoms with van der Waals surface area (Å²) < 4.78 is 0. The Labute approximate surface area is 147 Å². The van der Waals surface area contributed by atoms with Gasteiger partial charge in [0.25, 0.3) is 0 Å². The number of benzene rings is 1. The summed E-state index contributed by atoms with van der Waals surface area (Å²) in [6.07, 6.45) is 10.4. The number of nitrogens with one attached hydrogen (secondary N) is 2. The van der Waals surface area contributed by atoms with E-state index in [2.05, 4.69) is 31.6 Å². The summed E-state index contributed by atoms with van der Waals surface area (Å²) in [5.41, 5.74) is 3.63. The zero-order valence-corrected chi connectivity index (χ0v) is 14.2. The number of carbonyl (C=O) groups excluding carboxylic acids is 1. The van der Waals surface area contributed by atoms with E-state index in [-0.39, 0.29) is 12.1 Å². The van der Waals surface area contributed by atoms with Crippen molar-refractivity contribution in [1.82, 2.24) is 15.3 Å². The largest absolute Gasteiger partial charge is 0.355 e. The van der Waals surface area contributed by atoms with E-state index < -0.39 is 0 Å². The molecule has 1 aromatic carbocycles. The zero-order chi connectivity index (χ0) is 17.1. The van der Waals surface area contributed by atoms with Gasteiger partial charge in [-0.2, -0.15) is 0 Å². The van der Waals surface area contributed by atoms with Crippen molar-refractivity contribution in [3.8, 4) is 0 Å². The van der Waals surface area contributed by atoms with E-state index >= 15 is 0 Å². The monoisotopic (exact) mass is 337 g/mol. The Bertz CT molecular complexity index is 741. The van der Waals surface area contributed by atoms with Gasteiger partial charge in [-0.25, -0.2) is 9.78 Å². The highest BCUT2D eigenvalue weighted by molar-refractivity contribution is 5.90. The smallest absolute Gasteiger partial charge is 0.319 e. The molecule has 0 radical (unpaired) electrons. The number of amides is 2. The highest BCUT2D eigenvalue weighted by Gasteiger charge is 2.22. The highest BCUT2D eigenvalue weighted by Crippen LogP contribution is 2.28. The summed E-state index contributed by atoms with van der Waals surface area (Å²) in [5, 5.41) is 6.16. The lowest BCUT2D eigenvalue weighted by molar-refractivity contribution is 0.246. The van der Waals surface area contributed by atoms with Crippen molar-refractivity contribution in [2.24, 2.45) is 0 Å². The number of piperidine rings is 1. The fourth-order valence-corrected chi connectivity index (χ4v) is 3.79. The highest BCUT2D eigenvalue weighted by atomic mass is 16.2. The molecule has 1 saturated heterocycles. The number of aromatic nitrogens is 2. The van der Waals surface area contributed by atoms with Crippen molar-refractivity contribution in [2.45, 2.75) is 38.1 Å². The van der Waals surface area contributed by atoms with Crippen LogP contribution in [0.3, 0.4) is 0 Å². The minimum Gasteiger partial charge on any atom is -0.355 e. The van der Waals surface area contributed by atoms with Gasteiger partial charge in [0, 0.05) is 37.2 Å².